The van der Waals surface area contributed by atoms with Crippen molar-refractivity contribution < 1.29 is 33.1 Å². The minimum absolute atomic E-state index is 0.0588. The van der Waals surface area contributed by atoms with Crippen LogP contribution >= 0.6 is 0 Å². The smallest absolute Gasteiger partial charge is 0.339 e. The van der Waals surface area contributed by atoms with Crippen LogP contribution in [0.1, 0.15) is 43.9 Å². The molecule has 0 saturated carbocycles. The van der Waals surface area contributed by atoms with Gasteiger partial charge in [0.15, 0.2) is 0 Å². The third-order valence-corrected chi connectivity index (χ3v) is 5.14. The lowest BCUT2D eigenvalue weighted by molar-refractivity contribution is -0.152. The third kappa shape index (κ3) is 3.56. The second-order valence-electron chi connectivity index (χ2n) is 6.96. The van der Waals surface area contributed by atoms with Crippen LogP contribution in [0.2, 0.25) is 0 Å². The second-order valence-corrected chi connectivity index (χ2v) is 6.96. The second kappa shape index (κ2) is 8.05. The first-order valence-corrected chi connectivity index (χ1v) is 9.48. The van der Waals surface area contributed by atoms with Gasteiger partial charge in [0.2, 0.25) is 5.91 Å². The summed E-state index contributed by atoms with van der Waals surface area (Å²) in [5.41, 5.74) is -0.287. The number of rotatable bonds is 5. The van der Waals surface area contributed by atoms with E-state index in [1.165, 1.54) is 30.6 Å². The Hall–Kier alpha value is -3.95. The number of esters is 1. The molecule has 2 aliphatic heterocycles. The van der Waals surface area contributed by atoms with E-state index < -0.39 is 41.5 Å². The Labute approximate surface area is 175 Å². The van der Waals surface area contributed by atoms with Gasteiger partial charge in [0, 0.05) is 18.8 Å². The molecule has 31 heavy (non-hydrogen) atoms. The highest BCUT2D eigenvalue weighted by molar-refractivity contribution is 6.23. The zero-order valence-corrected chi connectivity index (χ0v) is 16.1. The number of fused-ring (bicyclic) bond motifs is 1. The van der Waals surface area contributed by atoms with Crippen molar-refractivity contribution in [3.05, 3.63) is 65.2 Å². The average molecular weight is 425 g/mol. The molecule has 2 aliphatic rings. The van der Waals surface area contributed by atoms with Crippen LogP contribution in [0.15, 0.2) is 42.7 Å². The first-order valence-electron chi connectivity index (χ1n) is 9.48. The van der Waals surface area contributed by atoms with Crippen LogP contribution in [0.5, 0.6) is 0 Å². The summed E-state index contributed by atoms with van der Waals surface area (Å²) in [6, 6.07) is 5.50. The monoisotopic (exact) mass is 425 g/mol. The summed E-state index contributed by atoms with van der Waals surface area (Å²) < 4.78 is 19.1. The number of benzene rings is 1. The summed E-state index contributed by atoms with van der Waals surface area (Å²) in [4.78, 5) is 67.8. The molecule has 2 aromatic rings. The number of hydrogen-bond acceptors (Lipinski definition) is 7. The number of amides is 4. The van der Waals surface area contributed by atoms with Gasteiger partial charge in [-0.15, -0.1) is 0 Å². The number of halogens is 1. The van der Waals surface area contributed by atoms with E-state index in [1.54, 1.807) is 6.07 Å². The SMILES string of the molecule is O=C(OCCN1C(=O)CCC(N2C(=O)c3cccc(F)c3C2=O)C1=O)c1cccnc1. The summed E-state index contributed by atoms with van der Waals surface area (Å²) >= 11 is 0. The summed E-state index contributed by atoms with van der Waals surface area (Å²) in [6.45, 7) is -0.508. The lowest BCUT2D eigenvalue weighted by Gasteiger charge is -2.34. The fourth-order valence-corrected chi connectivity index (χ4v) is 3.64. The lowest BCUT2D eigenvalue weighted by atomic mass is 10.0. The van der Waals surface area contributed by atoms with E-state index in [0.717, 1.165) is 11.0 Å². The van der Waals surface area contributed by atoms with Crippen LogP contribution < -0.4 is 0 Å². The van der Waals surface area contributed by atoms with Gasteiger partial charge in [0.05, 0.1) is 23.2 Å². The average Bonchev–Trinajstić information content (AvgIpc) is 3.02. The number of nitrogens with zero attached hydrogens (tertiary/aromatic N) is 3. The zero-order chi connectivity index (χ0) is 22.1. The number of ether oxygens (including phenoxy) is 1. The number of likely N-dealkylation sites (tertiary alicyclic amines) is 1. The third-order valence-electron chi connectivity index (χ3n) is 5.14. The van der Waals surface area contributed by atoms with Gasteiger partial charge in [-0.2, -0.15) is 0 Å². The number of pyridine rings is 1. The normalized spacial score (nSPS) is 18.4. The van der Waals surface area contributed by atoms with Crippen LogP contribution in [-0.2, 0) is 14.3 Å². The summed E-state index contributed by atoms with van der Waals surface area (Å²) in [5, 5.41) is 0. The standard InChI is InChI=1S/C21H16FN3O6/c22-14-5-1-4-13-17(14)20(29)25(18(13)27)15-6-7-16(26)24(19(15)28)9-10-31-21(30)12-3-2-8-23-11-12/h1-5,8,11,15H,6-7,9-10H2. The molecule has 10 heteroatoms. The molecule has 0 spiro atoms. The number of carbonyl (C=O) groups is 5. The number of imide groups is 2. The fraction of sp³-hybridized carbons (Fsp3) is 0.238. The van der Waals surface area contributed by atoms with Gasteiger partial charge in [0.25, 0.3) is 17.7 Å². The van der Waals surface area contributed by atoms with Crippen molar-refractivity contribution in [1.29, 1.82) is 0 Å². The predicted octanol–water partition coefficient (Wildman–Crippen LogP) is 1.19. The molecule has 1 fully saturated rings. The maximum atomic E-state index is 14.1. The van der Waals surface area contributed by atoms with Crippen LogP contribution in [-0.4, -0.2) is 63.6 Å². The maximum absolute atomic E-state index is 14.1. The molecule has 158 valence electrons. The minimum Gasteiger partial charge on any atom is -0.460 e. The molecule has 3 heterocycles. The highest BCUT2D eigenvalue weighted by Gasteiger charge is 2.47. The lowest BCUT2D eigenvalue weighted by Crippen LogP contribution is -2.56. The molecule has 0 aliphatic carbocycles. The van der Waals surface area contributed by atoms with E-state index in [1.807, 2.05) is 0 Å². The van der Waals surface area contributed by atoms with Crippen molar-refractivity contribution in [3.63, 3.8) is 0 Å². The number of piperidine rings is 1. The number of carbonyl (C=O) groups excluding carboxylic acids is 5. The molecule has 4 rings (SSSR count). The van der Waals surface area contributed by atoms with Gasteiger partial charge >= 0.3 is 5.97 Å². The Morgan fingerprint density at radius 1 is 1.13 bits per heavy atom. The first kappa shape index (κ1) is 20.3. The first-order chi connectivity index (χ1) is 14.9. The van der Waals surface area contributed by atoms with E-state index in [2.05, 4.69) is 4.98 Å². The molecule has 0 radical (unpaired) electrons. The molecule has 4 amide bonds. The molecule has 1 unspecified atom stereocenters. The zero-order valence-electron chi connectivity index (χ0n) is 16.1. The molecular formula is C21H16FN3O6. The van der Waals surface area contributed by atoms with Crippen molar-refractivity contribution in [3.8, 4) is 0 Å². The molecular weight excluding hydrogens is 409 g/mol. The number of hydrogen-bond donors (Lipinski definition) is 0. The molecule has 0 bridgehead atoms. The van der Waals surface area contributed by atoms with Crippen molar-refractivity contribution in [2.75, 3.05) is 13.2 Å². The molecule has 1 saturated heterocycles. The topological polar surface area (TPSA) is 114 Å². The van der Waals surface area contributed by atoms with Crippen LogP contribution in [0, 0.1) is 5.82 Å². The van der Waals surface area contributed by atoms with Crippen molar-refractivity contribution >= 4 is 29.6 Å². The fourth-order valence-electron chi connectivity index (χ4n) is 3.64. The van der Waals surface area contributed by atoms with Crippen LogP contribution in [0.4, 0.5) is 4.39 Å². The van der Waals surface area contributed by atoms with E-state index >= 15 is 0 Å². The van der Waals surface area contributed by atoms with E-state index in [4.69, 9.17) is 4.74 Å². The Bertz CT molecular complexity index is 1100. The van der Waals surface area contributed by atoms with Crippen molar-refractivity contribution in [2.24, 2.45) is 0 Å². The minimum atomic E-state index is -1.24. The number of aromatic nitrogens is 1. The largest absolute Gasteiger partial charge is 0.460 e. The van der Waals surface area contributed by atoms with Gasteiger partial charge in [-0.3, -0.25) is 34.0 Å². The van der Waals surface area contributed by atoms with Crippen molar-refractivity contribution in [2.45, 2.75) is 18.9 Å². The summed E-state index contributed by atoms with van der Waals surface area (Å²) in [5.74, 6) is -4.50. The Morgan fingerprint density at radius 2 is 1.94 bits per heavy atom. The van der Waals surface area contributed by atoms with Gasteiger partial charge in [-0.1, -0.05) is 6.07 Å². The van der Waals surface area contributed by atoms with E-state index in [9.17, 15) is 28.4 Å². The van der Waals surface area contributed by atoms with Crippen LogP contribution in [0.3, 0.4) is 0 Å². The molecule has 1 aromatic carbocycles. The van der Waals surface area contributed by atoms with E-state index in [0.29, 0.717) is 4.90 Å². The Morgan fingerprint density at radius 3 is 2.65 bits per heavy atom. The van der Waals surface area contributed by atoms with Crippen LogP contribution in [0.25, 0.3) is 0 Å². The van der Waals surface area contributed by atoms with Gasteiger partial charge < -0.3 is 4.74 Å². The van der Waals surface area contributed by atoms with E-state index in [-0.39, 0.29) is 42.7 Å². The maximum Gasteiger partial charge on any atom is 0.339 e. The molecule has 1 aromatic heterocycles. The quantitative estimate of drug-likeness (QED) is 0.522. The highest BCUT2D eigenvalue weighted by atomic mass is 19.1. The molecule has 9 nitrogen and oxygen atoms in total. The van der Waals surface area contributed by atoms with Gasteiger partial charge in [-0.05, 0) is 30.7 Å². The summed E-state index contributed by atoms with van der Waals surface area (Å²) in [6.07, 6.45) is 2.66. The van der Waals surface area contributed by atoms with Gasteiger partial charge in [-0.25, -0.2) is 9.18 Å². The molecule has 0 N–H and O–H groups in total. The highest BCUT2D eigenvalue weighted by Crippen LogP contribution is 2.30. The van der Waals surface area contributed by atoms with Gasteiger partial charge in [0.1, 0.15) is 18.5 Å². The Kier molecular flexibility index (Phi) is 5.28. The predicted molar refractivity (Wildman–Crippen MR) is 101 cm³/mol. The van der Waals surface area contributed by atoms with Crippen molar-refractivity contribution in [1.82, 2.24) is 14.8 Å². The Balaban J connectivity index is 1.46. The molecule has 1 atom stereocenters. The summed E-state index contributed by atoms with van der Waals surface area (Å²) in [7, 11) is 0.